The molecule has 0 saturated carbocycles. The van der Waals surface area contributed by atoms with Gasteiger partial charge in [-0.1, -0.05) is 6.92 Å². The fourth-order valence-electron chi connectivity index (χ4n) is 1.49. The van der Waals surface area contributed by atoms with Gasteiger partial charge < -0.3 is 10.3 Å². The van der Waals surface area contributed by atoms with Crippen molar-refractivity contribution in [1.82, 2.24) is 9.55 Å². The molecule has 0 aliphatic heterocycles. The van der Waals surface area contributed by atoms with Crippen molar-refractivity contribution in [3.63, 3.8) is 0 Å². The zero-order chi connectivity index (χ0) is 12.2. The Morgan fingerprint density at radius 1 is 1.50 bits per heavy atom. The summed E-state index contributed by atoms with van der Waals surface area (Å²) in [5.41, 5.74) is 6.61. The minimum atomic E-state index is -4.09. The summed E-state index contributed by atoms with van der Waals surface area (Å²) < 4.78 is 37.6. The highest BCUT2D eigenvalue weighted by Gasteiger charge is 2.26. The largest absolute Gasteiger partial charge is 0.389 e. The fraction of sp³-hybridized carbons (Fsp3) is 0.700. The number of halogens is 3. The Labute approximate surface area is 92.5 Å². The number of imidazole rings is 1. The molecule has 16 heavy (non-hydrogen) atoms. The lowest BCUT2D eigenvalue weighted by Gasteiger charge is -2.13. The van der Waals surface area contributed by atoms with E-state index in [1.54, 1.807) is 10.8 Å². The number of aromatic nitrogens is 2. The Kier molecular flexibility index (Phi) is 4.35. The van der Waals surface area contributed by atoms with Gasteiger partial charge in [-0.25, -0.2) is 4.98 Å². The van der Waals surface area contributed by atoms with Crippen LogP contribution in [0.3, 0.4) is 0 Å². The van der Waals surface area contributed by atoms with Gasteiger partial charge in [0.25, 0.3) is 0 Å². The van der Waals surface area contributed by atoms with E-state index in [1.165, 1.54) is 6.33 Å². The van der Waals surface area contributed by atoms with Crippen LogP contribution in [0.2, 0.25) is 0 Å². The Morgan fingerprint density at radius 3 is 2.75 bits per heavy atom. The zero-order valence-corrected chi connectivity index (χ0v) is 9.17. The molecule has 0 aliphatic rings. The maximum absolute atomic E-state index is 12.0. The maximum atomic E-state index is 12.0. The van der Waals surface area contributed by atoms with Crippen molar-refractivity contribution in [3.05, 3.63) is 18.2 Å². The summed E-state index contributed by atoms with van der Waals surface area (Å²) in [6.45, 7) is 2.24. The van der Waals surface area contributed by atoms with Crippen LogP contribution in [0.4, 0.5) is 13.2 Å². The van der Waals surface area contributed by atoms with E-state index in [0.717, 1.165) is 12.1 Å². The highest BCUT2D eigenvalue weighted by atomic mass is 19.4. The van der Waals surface area contributed by atoms with E-state index >= 15 is 0 Å². The van der Waals surface area contributed by atoms with E-state index in [-0.39, 0.29) is 12.5 Å². The molecule has 1 rings (SSSR count). The van der Waals surface area contributed by atoms with Gasteiger partial charge in [0.1, 0.15) is 0 Å². The lowest BCUT2D eigenvalue weighted by atomic mass is 10.2. The van der Waals surface area contributed by atoms with Crippen molar-refractivity contribution in [2.24, 2.45) is 5.73 Å². The topological polar surface area (TPSA) is 43.8 Å². The highest BCUT2D eigenvalue weighted by molar-refractivity contribution is 5.04. The summed E-state index contributed by atoms with van der Waals surface area (Å²) in [7, 11) is 0. The van der Waals surface area contributed by atoms with Crippen LogP contribution in [0.5, 0.6) is 0 Å². The number of aryl methyl sites for hydroxylation is 1. The number of rotatable bonds is 5. The van der Waals surface area contributed by atoms with Crippen LogP contribution >= 0.6 is 0 Å². The van der Waals surface area contributed by atoms with Crippen LogP contribution in [0.1, 0.15) is 37.9 Å². The molecule has 6 heteroatoms. The molecule has 0 saturated heterocycles. The van der Waals surface area contributed by atoms with Gasteiger partial charge in [-0.05, 0) is 12.8 Å². The van der Waals surface area contributed by atoms with Crippen LogP contribution in [0.25, 0.3) is 0 Å². The van der Waals surface area contributed by atoms with E-state index in [4.69, 9.17) is 5.73 Å². The Bertz CT molecular complexity index is 319. The third-order valence-corrected chi connectivity index (χ3v) is 2.42. The molecule has 0 spiro atoms. The normalized spacial score (nSPS) is 14.1. The summed E-state index contributed by atoms with van der Waals surface area (Å²) in [5, 5.41) is 0. The summed E-state index contributed by atoms with van der Waals surface area (Å²) >= 11 is 0. The van der Waals surface area contributed by atoms with Crippen molar-refractivity contribution in [1.29, 1.82) is 0 Å². The lowest BCUT2D eigenvalue weighted by Crippen LogP contribution is -2.15. The number of hydrogen-bond donors (Lipinski definition) is 1. The van der Waals surface area contributed by atoms with Crippen LogP contribution in [-0.2, 0) is 6.54 Å². The molecule has 0 radical (unpaired) electrons. The summed E-state index contributed by atoms with van der Waals surface area (Å²) in [6.07, 6.45) is -0.920. The number of nitrogens with two attached hydrogens (primary N) is 1. The summed E-state index contributed by atoms with van der Waals surface area (Å²) in [5.74, 6) is 0. The molecule has 3 nitrogen and oxygen atoms in total. The predicted octanol–water partition coefficient (Wildman–Crippen LogP) is 2.64. The first-order valence-corrected chi connectivity index (χ1v) is 5.26. The molecule has 92 valence electrons. The van der Waals surface area contributed by atoms with Crippen LogP contribution in [0.15, 0.2) is 12.5 Å². The molecule has 0 bridgehead atoms. The number of alkyl halides is 3. The van der Waals surface area contributed by atoms with Crippen molar-refractivity contribution in [2.45, 2.75) is 44.9 Å². The summed E-state index contributed by atoms with van der Waals surface area (Å²) in [6, 6.07) is -0.159. The maximum Gasteiger partial charge on any atom is 0.389 e. The fourth-order valence-corrected chi connectivity index (χ4v) is 1.49. The molecule has 1 aromatic heterocycles. The second kappa shape index (κ2) is 5.34. The smallest absolute Gasteiger partial charge is 0.333 e. The van der Waals surface area contributed by atoms with Gasteiger partial charge in [0.05, 0.1) is 12.0 Å². The monoisotopic (exact) mass is 235 g/mol. The second-order valence-electron chi connectivity index (χ2n) is 3.75. The molecule has 0 amide bonds. The van der Waals surface area contributed by atoms with Gasteiger partial charge >= 0.3 is 6.18 Å². The molecule has 0 aliphatic carbocycles. The van der Waals surface area contributed by atoms with E-state index < -0.39 is 12.6 Å². The standard InChI is InChI=1S/C10H16F3N3/c1-2-8(14)9-6-15-7-16(9)5-3-4-10(11,12)13/h6-8H,2-5,14H2,1H3/t8-/m1/s1. The Balaban J connectivity index is 2.51. The van der Waals surface area contributed by atoms with E-state index in [2.05, 4.69) is 4.98 Å². The molecule has 0 fully saturated rings. The molecule has 0 unspecified atom stereocenters. The van der Waals surface area contributed by atoms with Gasteiger partial charge in [-0.15, -0.1) is 0 Å². The summed E-state index contributed by atoms with van der Waals surface area (Å²) in [4.78, 5) is 3.91. The van der Waals surface area contributed by atoms with E-state index in [1.807, 2.05) is 6.92 Å². The predicted molar refractivity (Wildman–Crippen MR) is 54.7 cm³/mol. The van der Waals surface area contributed by atoms with Crippen LogP contribution in [0, 0.1) is 0 Å². The zero-order valence-electron chi connectivity index (χ0n) is 9.17. The first-order chi connectivity index (χ1) is 7.44. The first-order valence-electron chi connectivity index (χ1n) is 5.26. The molecule has 1 heterocycles. The minimum absolute atomic E-state index is 0.0588. The quantitative estimate of drug-likeness (QED) is 0.852. The third-order valence-electron chi connectivity index (χ3n) is 2.42. The first kappa shape index (κ1) is 13.0. The Hall–Kier alpha value is -1.04. The van der Waals surface area contributed by atoms with Gasteiger partial charge in [0.2, 0.25) is 0 Å². The second-order valence-corrected chi connectivity index (χ2v) is 3.75. The SMILES string of the molecule is CC[C@@H](N)c1cncn1CCCC(F)(F)F. The third kappa shape index (κ3) is 3.84. The molecular formula is C10H16F3N3. The average Bonchev–Trinajstić information content (AvgIpc) is 2.63. The molecule has 0 aromatic carbocycles. The average molecular weight is 235 g/mol. The van der Waals surface area contributed by atoms with Crippen molar-refractivity contribution < 1.29 is 13.2 Å². The number of nitrogens with zero attached hydrogens (tertiary/aromatic N) is 2. The lowest BCUT2D eigenvalue weighted by molar-refractivity contribution is -0.135. The molecule has 2 N–H and O–H groups in total. The Morgan fingerprint density at radius 2 is 2.19 bits per heavy atom. The van der Waals surface area contributed by atoms with Gasteiger partial charge in [-0.3, -0.25) is 0 Å². The minimum Gasteiger partial charge on any atom is -0.333 e. The number of hydrogen-bond acceptors (Lipinski definition) is 2. The van der Waals surface area contributed by atoms with Crippen molar-refractivity contribution in [2.75, 3.05) is 0 Å². The molecule has 1 atom stereocenters. The molecular weight excluding hydrogens is 219 g/mol. The molecule has 1 aromatic rings. The van der Waals surface area contributed by atoms with Crippen LogP contribution in [-0.4, -0.2) is 15.7 Å². The van der Waals surface area contributed by atoms with Crippen molar-refractivity contribution in [3.8, 4) is 0 Å². The van der Waals surface area contributed by atoms with Gasteiger partial charge in [0.15, 0.2) is 0 Å². The van der Waals surface area contributed by atoms with Gasteiger partial charge in [0, 0.05) is 25.2 Å². The van der Waals surface area contributed by atoms with Crippen LogP contribution < -0.4 is 5.73 Å². The van der Waals surface area contributed by atoms with E-state index in [9.17, 15) is 13.2 Å². The van der Waals surface area contributed by atoms with E-state index in [0.29, 0.717) is 6.54 Å². The highest BCUT2D eigenvalue weighted by Crippen LogP contribution is 2.22. The van der Waals surface area contributed by atoms with Crippen molar-refractivity contribution >= 4 is 0 Å². The van der Waals surface area contributed by atoms with Gasteiger partial charge in [-0.2, -0.15) is 13.2 Å².